The third-order valence-corrected chi connectivity index (χ3v) is 1.13. The largest absolute Gasteiger partial charge is 0.344 e. The Morgan fingerprint density at radius 3 is 3.00 bits per heavy atom. The molecule has 0 N–H and O–H groups in total. The normalized spacial score (nSPS) is 23.5. The second-order valence-electron chi connectivity index (χ2n) is 1.63. The first-order valence-corrected chi connectivity index (χ1v) is 3.03. The zero-order chi connectivity index (χ0) is 7.40. The van der Waals surface area contributed by atoms with Crippen LogP contribution in [0.4, 0.5) is 0 Å². The van der Waals surface area contributed by atoms with Crippen LogP contribution < -0.4 is 0 Å². The number of carbonyl (C=O) groups excluding carboxylic acids is 1. The Bertz CT molecular complexity index is 185. The van der Waals surface area contributed by atoms with Gasteiger partial charge in [0.15, 0.2) is 6.10 Å². The first-order chi connectivity index (χ1) is 4.80. The minimum Gasteiger partial charge on any atom is -0.344 e. The van der Waals surface area contributed by atoms with Crippen LogP contribution in [0.2, 0.25) is 0 Å². The highest BCUT2D eigenvalue weighted by Crippen LogP contribution is 2.04. The van der Waals surface area contributed by atoms with Crippen molar-refractivity contribution in [1.82, 2.24) is 0 Å². The van der Waals surface area contributed by atoms with Crippen LogP contribution in [0, 0.1) is 0 Å². The van der Waals surface area contributed by atoms with E-state index in [-0.39, 0.29) is 0 Å². The summed E-state index contributed by atoms with van der Waals surface area (Å²) in [6.07, 6.45) is 5.24. The summed E-state index contributed by atoms with van der Waals surface area (Å²) < 4.78 is 0. The van der Waals surface area contributed by atoms with Crippen molar-refractivity contribution in [3.63, 3.8) is 0 Å². The quantitative estimate of drug-likeness (QED) is 0.427. The van der Waals surface area contributed by atoms with E-state index in [9.17, 15) is 4.79 Å². The molecule has 54 valence electrons. The summed E-state index contributed by atoms with van der Waals surface area (Å²) in [5.41, 5.74) is 0. The summed E-state index contributed by atoms with van der Waals surface area (Å²) in [5.74, 6) is 0. The molecule has 0 aromatic rings. The Morgan fingerprint density at radius 2 is 2.30 bits per heavy atom. The molecule has 0 aromatic heterocycles. The summed E-state index contributed by atoms with van der Waals surface area (Å²) in [4.78, 5) is 19.4. The van der Waals surface area contributed by atoms with Crippen molar-refractivity contribution in [3.05, 3.63) is 24.5 Å². The molecule has 0 saturated heterocycles. The van der Waals surface area contributed by atoms with Crippen LogP contribution in [0.15, 0.2) is 24.5 Å². The van der Waals surface area contributed by atoms with Gasteiger partial charge in [-0.2, -0.15) is 4.89 Å². The topological polar surface area (TPSA) is 35.5 Å². The van der Waals surface area contributed by atoms with Crippen molar-refractivity contribution in [1.29, 1.82) is 0 Å². The van der Waals surface area contributed by atoms with Gasteiger partial charge in [0.25, 0.3) is 5.24 Å². The van der Waals surface area contributed by atoms with Gasteiger partial charge in [-0.25, -0.2) is 0 Å². The first-order valence-electron chi connectivity index (χ1n) is 2.65. The third kappa shape index (κ3) is 1.86. The van der Waals surface area contributed by atoms with Crippen LogP contribution in [0.5, 0.6) is 0 Å². The van der Waals surface area contributed by atoms with Crippen LogP contribution in [0.1, 0.15) is 0 Å². The standard InChI is InChI=1S/C6H5ClO3/c7-6(8)5-3-1-2-4-9-10-5/h1-5H. The van der Waals surface area contributed by atoms with E-state index < -0.39 is 11.3 Å². The van der Waals surface area contributed by atoms with Crippen LogP contribution in [0.25, 0.3) is 0 Å². The molecule has 0 bridgehead atoms. The molecule has 1 rings (SSSR count). The van der Waals surface area contributed by atoms with E-state index in [1.165, 1.54) is 12.3 Å². The highest BCUT2D eigenvalue weighted by molar-refractivity contribution is 6.64. The first kappa shape index (κ1) is 7.31. The lowest BCUT2D eigenvalue weighted by molar-refractivity contribution is -0.261. The van der Waals surface area contributed by atoms with E-state index in [0.29, 0.717) is 0 Å². The van der Waals surface area contributed by atoms with Gasteiger partial charge in [0.05, 0.1) is 0 Å². The Balaban J connectivity index is 2.56. The predicted molar refractivity (Wildman–Crippen MR) is 35.1 cm³/mol. The van der Waals surface area contributed by atoms with E-state index in [1.54, 1.807) is 12.2 Å². The van der Waals surface area contributed by atoms with E-state index in [0.717, 1.165) is 0 Å². The van der Waals surface area contributed by atoms with Gasteiger partial charge in [-0.05, 0) is 23.8 Å². The van der Waals surface area contributed by atoms with Gasteiger partial charge in [-0.15, -0.1) is 0 Å². The molecule has 1 heterocycles. The maximum absolute atomic E-state index is 10.4. The molecule has 10 heavy (non-hydrogen) atoms. The average Bonchev–Trinajstić information content (AvgIpc) is 2.12. The lowest BCUT2D eigenvalue weighted by Gasteiger charge is -2.02. The molecule has 4 heteroatoms. The minimum atomic E-state index is -0.795. The summed E-state index contributed by atoms with van der Waals surface area (Å²) in [5, 5.41) is -0.597. The van der Waals surface area contributed by atoms with Gasteiger partial charge in [0, 0.05) is 0 Å². The lowest BCUT2D eigenvalue weighted by Crippen LogP contribution is -2.15. The molecule has 0 fully saturated rings. The molecule has 0 radical (unpaired) electrons. The van der Waals surface area contributed by atoms with Gasteiger partial charge in [-0.1, -0.05) is 6.08 Å². The highest BCUT2D eigenvalue weighted by atomic mass is 35.5. The molecule has 1 aliphatic rings. The summed E-state index contributed by atoms with van der Waals surface area (Å²) in [6, 6.07) is 0. The maximum Gasteiger partial charge on any atom is 0.258 e. The number of halogens is 1. The smallest absolute Gasteiger partial charge is 0.258 e. The van der Waals surface area contributed by atoms with Crippen LogP contribution in [-0.2, 0) is 14.6 Å². The molecule has 1 unspecified atom stereocenters. The summed E-state index contributed by atoms with van der Waals surface area (Å²) in [7, 11) is 0. The second-order valence-corrected chi connectivity index (χ2v) is 2.00. The molecule has 1 atom stereocenters. The Hall–Kier alpha value is -0.800. The van der Waals surface area contributed by atoms with E-state index in [1.807, 2.05) is 0 Å². The molecule has 0 saturated carbocycles. The van der Waals surface area contributed by atoms with Gasteiger partial charge in [0.1, 0.15) is 6.26 Å². The van der Waals surface area contributed by atoms with E-state index in [4.69, 9.17) is 11.6 Å². The number of hydrogen-bond acceptors (Lipinski definition) is 3. The molecule has 1 aliphatic heterocycles. The van der Waals surface area contributed by atoms with Crippen LogP contribution in [-0.4, -0.2) is 11.3 Å². The van der Waals surface area contributed by atoms with Gasteiger partial charge in [-0.3, -0.25) is 4.79 Å². The van der Waals surface area contributed by atoms with Crippen molar-refractivity contribution in [2.24, 2.45) is 0 Å². The zero-order valence-electron chi connectivity index (χ0n) is 4.99. The van der Waals surface area contributed by atoms with E-state index in [2.05, 4.69) is 9.78 Å². The maximum atomic E-state index is 10.4. The molecule has 3 nitrogen and oxygen atoms in total. The molecular weight excluding hydrogens is 156 g/mol. The van der Waals surface area contributed by atoms with Crippen LogP contribution >= 0.6 is 11.6 Å². The zero-order valence-corrected chi connectivity index (χ0v) is 5.75. The SMILES string of the molecule is O=C(Cl)C1C=CC=COO1. The fourth-order valence-corrected chi connectivity index (χ4v) is 0.589. The Morgan fingerprint density at radius 1 is 1.50 bits per heavy atom. The van der Waals surface area contributed by atoms with Gasteiger partial charge < -0.3 is 4.89 Å². The Labute approximate surface area is 62.8 Å². The highest BCUT2D eigenvalue weighted by Gasteiger charge is 2.14. The average molecular weight is 161 g/mol. The van der Waals surface area contributed by atoms with Crippen molar-refractivity contribution in [3.8, 4) is 0 Å². The van der Waals surface area contributed by atoms with Gasteiger partial charge in [0.2, 0.25) is 0 Å². The second kappa shape index (κ2) is 3.39. The molecule has 0 amide bonds. The van der Waals surface area contributed by atoms with Crippen molar-refractivity contribution >= 4 is 16.8 Å². The number of carbonyl (C=O) groups is 1. The van der Waals surface area contributed by atoms with Crippen molar-refractivity contribution in [2.75, 3.05) is 0 Å². The minimum absolute atomic E-state index is 0.597. The number of rotatable bonds is 1. The molecular formula is C6H5ClO3. The van der Waals surface area contributed by atoms with Crippen molar-refractivity contribution < 1.29 is 14.6 Å². The number of hydrogen-bond donors (Lipinski definition) is 0. The van der Waals surface area contributed by atoms with E-state index >= 15 is 0 Å². The predicted octanol–water partition coefficient (Wildman–Crippen LogP) is 1.15. The molecule has 0 spiro atoms. The molecule has 0 aromatic carbocycles. The summed E-state index contributed by atoms with van der Waals surface area (Å²) >= 11 is 5.11. The van der Waals surface area contributed by atoms with Gasteiger partial charge >= 0.3 is 0 Å². The fraction of sp³-hybridized carbons (Fsp3) is 0.167. The third-order valence-electron chi connectivity index (χ3n) is 0.914. The lowest BCUT2D eigenvalue weighted by atomic mass is 10.3. The monoisotopic (exact) mass is 160 g/mol. The summed E-state index contributed by atoms with van der Waals surface area (Å²) in [6.45, 7) is 0. The Kier molecular flexibility index (Phi) is 2.48. The number of allylic oxidation sites excluding steroid dienone is 2. The van der Waals surface area contributed by atoms with Crippen molar-refractivity contribution in [2.45, 2.75) is 6.10 Å². The molecule has 0 aliphatic carbocycles. The fourth-order valence-electron chi connectivity index (χ4n) is 0.480. The van der Waals surface area contributed by atoms with Crippen LogP contribution in [0.3, 0.4) is 0 Å².